The van der Waals surface area contributed by atoms with Crippen LogP contribution in [-0.2, 0) is 0 Å². The lowest BCUT2D eigenvalue weighted by Gasteiger charge is -1.94. The van der Waals surface area contributed by atoms with E-state index in [2.05, 4.69) is 12.4 Å². The molecule has 0 bridgehead atoms. The molecule has 2 fully saturated rings. The average molecular weight is 125 g/mol. The summed E-state index contributed by atoms with van der Waals surface area (Å²) < 4.78 is 0. The molecule has 2 rings (SSSR count). The zero-order chi connectivity index (χ0) is 6.27. The van der Waals surface area contributed by atoms with E-state index in [4.69, 9.17) is 0 Å². The Morgan fingerprint density at radius 1 is 1.44 bits per heavy atom. The molecule has 0 saturated heterocycles. The Morgan fingerprint density at radius 2 is 2.22 bits per heavy atom. The molecule has 0 aliphatic heterocycles. The van der Waals surface area contributed by atoms with Gasteiger partial charge in [-0.3, -0.25) is 0 Å². The second kappa shape index (κ2) is 1.98. The summed E-state index contributed by atoms with van der Waals surface area (Å²) in [6, 6.07) is 0. The molecule has 0 aromatic heterocycles. The number of nitrogens with one attached hydrogen (secondary N) is 1. The van der Waals surface area contributed by atoms with Crippen LogP contribution in [0.2, 0.25) is 0 Å². The highest BCUT2D eigenvalue weighted by molar-refractivity contribution is 4.97. The lowest BCUT2D eigenvalue weighted by atomic mass is 10.2. The van der Waals surface area contributed by atoms with Gasteiger partial charge in [0.05, 0.1) is 0 Å². The molecule has 0 amide bonds. The van der Waals surface area contributed by atoms with Gasteiger partial charge >= 0.3 is 0 Å². The van der Waals surface area contributed by atoms with Crippen LogP contribution in [0.1, 0.15) is 19.3 Å². The molecule has 1 nitrogen and oxygen atoms in total. The van der Waals surface area contributed by atoms with Crippen LogP contribution in [0.25, 0.3) is 0 Å². The maximum atomic E-state index is 3.24. The molecule has 2 atom stereocenters. The van der Waals surface area contributed by atoms with Crippen LogP contribution in [0.4, 0.5) is 0 Å². The average Bonchev–Trinajstić information content (AvgIpc) is 2.58. The van der Waals surface area contributed by atoms with Crippen LogP contribution < -0.4 is 5.32 Å². The fourth-order valence-corrected chi connectivity index (χ4v) is 1.87. The van der Waals surface area contributed by atoms with E-state index < -0.39 is 0 Å². The van der Waals surface area contributed by atoms with Crippen LogP contribution in [0, 0.1) is 17.8 Å². The van der Waals surface area contributed by atoms with Crippen molar-refractivity contribution < 1.29 is 0 Å². The van der Waals surface area contributed by atoms with Gasteiger partial charge in [0.15, 0.2) is 0 Å². The highest BCUT2D eigenvalue weighted by Gasteiger charge is 2.46. The smallest absolute Gasteiger partial charge is 0.00207 e. The molecule has 2 aliphatic rings. The van der Waals surface area contributed by atoms with Crippen LogP contribution >= 0.6 is 0 Å². The molecule has 1 N–H and O–H groups in total. The van der Waals surface area contributed by atoms with E-state index in [1.807, 2.05) is 0 Å². The first kappa shape index (κ1) is 5.72. The highest BCUT2D eigenvalue weighted by Crippen LogP contribution is 2.53. The molecule has 2 aliphatic carbocycles. The van der Waals surface area contributed by atoms with Crippen molar-refractivity contribution in [1.29, 1.82) is 0 Å². The molecule has 0 radical (unpaired) electrons. The standard InChI is InChI=1S/C8H15N/c1-9-5-7-4-8(7)6-2-3-6/h6-9H,2-5H2,1H3. The third kappa shape index (κ3) is 1.11. The van der Waals surface area contributed by atoms with E-state index in [0.29, 0.717) is 0 Å². The third-order valence-electron chi connectivity index (χ3n) is 2.67. The lowest BCUT2D eigenvalue weighted by molar-refractivity contribution is 0.598. The van der Waals surface area contributed by atoms with Crippen molar-refractivity contribution in [3.05, 3.63) is 0 Å². The second-order valence-corrected chi connectivity index (χ2v) is 3.55. The van der Waals surface area contributed by atoms with Gasteiger partial charge in [0, 0.05) is 0 Å². The van der Waals surface area contributed by atoms with Gasteiger partial charge in [0.1, 0.15) is 0 Å². The molecular formula is C8H15N. The maximum absolute atomic E-state index is 3.24. The minimum absolute atomic E-state index is 1.06. The van der Waals surface area contributed by atoms with Crippen LogP contribution in [-0.4, -0.2) is 13.6 Å². The first-order valence-corrected chi connectivity index (χ1v) is 4.06. The van der Waals surface area contributed by atoms with Crippen molar-refractivity contribution in [2.24, 2.45) is 17.8 Å². The Balaban J connectivity index is 1.69. The van der Waals surface area contributed by atoms with Gasteiger partial charge in [-0.2, -0.15) is 0 Å². The van der Waals surface area contributed by atoms with Gasteiger partial charge in [0.25, 0.3) is 0 Å². The molecule has 0 spiro atoms. The SMILES string of the molecule is CNCC1CC1C1CC1. The largest absolute Gasteiger partial charge is 0.319 e. The molecule has 52 valence electrons. The van der Waals surface area contributed by atoms with Crippen molar-refractivity contribution in [1.82, 2.24) is 5.32 Å². The number of rotatable bonds is 3. The minimum atomic E-state index is 1.06. The van der Waals surface area contributed by atoms with Gasteiger partial charge in [-0.15, -0.1) is 0 Å². The minimum Gasteiger partial charge on any atom is -0.319 e. The zero-order valence-corrected chi connectivity index (χ0v) is 6.06. The lowest BCUT2D eigenvalue weighted by Crippen LogP contribution is -2.10. The van der Waals surface area contributed by atoms with E-state index in [1.54, 1.807) is 0 Å². The van der Waals surface area contributed by atoms with Crippen molar-refractivity contribution in [2.45, 2.75) is 19.3 Å². The summed E-state index contributed by atoms with van der Waals surface area (Å²) in [6.45, 7) is 1.27. The molecule has 0 aromatic carbocycles. The van der Waals surface area contributed by atoms with Gasteiger partial charge < -0.3 is 5.32 Å². The van der Waals surface area contributed by atoms with Gasteiger partial charge in [-0.25, -0.2) is 0 Å². The predicted octanol–water partition coefficient (Wildman–Crippen LogP) is 1.25. The Bertz CT molecular complexity index is 107. The van der Waals surface area contributed by atoms with Gasteiger partial charge in [-0.05, 0) is 50.6 Å². The van der Waals surface area contributed by atoms with Crippen LogP contribution in [0.5, 0.6) is 0 Å². The predicted molar refractivity (Wildman–Crippen MR) is 38.2 cm³/mol. The molecule has 1 heteroatoms. The summed E-state index contributed by atoms with van der Waals surface area (Å²) in [5.41, 5.74) is 0. The summed E-state index contributed by atoms with van der Waals surface area (Å²) in [5.74, 6) is 3.35. The third-order valence-corrected chi connectivity index (χ3v) is 2.67. The first-order valence-electron chi connectivity index (χ1n) is 4.06. The van der Waals surface area contributed by atoms with Crippen molar-refractivity contribution in [3.63, 3.8) is 0 Å². The maximum Gasteiger partial charge on any atom is -0.00207 e. The van der Waals surface area contributed by atoms with Crippen molar-refractivity contribution in [3.8, 4) is 0 Å². The van der Waals surface area contributed by atoms with E-state index in [1.165, 1.54) is 25.8 Å². The van der Waals surface area contributed by atoms with E-state index in [-0.39, 0.29) is 0 Å². The quantitative estimate of drug-likeness (QED) is 0.598. The van der Waals surface area contributed by atoms with E-state index in [0.717, 1.165) is 17.8 Å². The molecule has 2 saturated carbocycles. The monoisotopic (exact) mass is 125 g/mol. The van der Waals surface area contributed by atoms with Crippen molar-refractivity contribution >= 4 is 0 Å². The highest BCUT2D eigenvalue weighted by atomic mass is 14.8. The summed E-state index contributed by atoms with van der Waals surface area (Å²) in [7, 11) is 2.06. The molecule has 0 aromatic rings. The summed E-state index contributed by atoms with van der Waals surface area (Å²) >= 11 is 0. The fraction of sp³-hybridized carbons (Fsp3) is 1.00. The molecule has 0 heterocycles. The Labute approximate surface area is 56.8 Å². The van der Waals surface area contributed by atoms with Crippen LogP contribution in [0.15, 0.2) is 0 Å². The summed E-state index contributed by atoms with van der Waals surface area (Å²) in [6.07, 6.45) is 4.58. The topological polar surface area (TPSA) is 12.0 Å². The summed E-state index contributed by atoms with van der Waals surface area (Å²) in [5, 5.41) is 3.24. The molecule has 9 heavy (non-hydrogen) atoms. The van der Waals surface area contributed by atoms with Crippen molar-refractivity contribution in [2.75, 3.05) is 13.6 Å². The summed E-state index contributed by atoms with van der Waals surface area (Å²) in [4.78, 5) is 0. The normalized spacial score (nSPS) is 41.0. The van der Waals surface area contributed by atoms with E-state index >= 15 is 0 Å². The van der Waals surface area contributed by atoms with Gasteiger partial charge in [-0.1, -0.05) is 0 Å². The van der Waals surface area contributed by atoms with Gasteiger partial charge in [0.2, 0.25) is 0 Å². The van der Waals surface area contributed by atoms with E-state index in [9.17, 15) is 0 Å². The van der Waals surface area contributed by atoms with Crippen LogP contribution in [0.3, 0.4) is 0 Å². The fourth-order valence-electron chi connectivity index (χ4n) is 1.87. The Hall–Kier alpha value is -0.0400. The number of hydrogen-bond donors (Lipinski definition) is 1. The zero-order valence-electron chi connectivity index (χ0n) is 6.06. The molecular weight excluding hydrogens is 110 g/mol. The molecule has 2 unspecified atom stereocenters. The number of hydrogen-bond acceptors (Lipinski definition) is 1. The second-order valence-electron chi connectivity index (χ2n) is 3.55. The Kier molecular flexibility index (Phi) is 1.26. The first-order chi connectivity index (χ1) is 4.42. The Morgan fingerprint density at radius 3 is 2.78 bits per heavy atom.